The Bertz CT molecular complexity index is 688. The van der Waals surface area contributed by atoms with Gasteiger partial charge in [-0.3, -0.25) is 10.2 Å². The first kappa shape index (κ1) is 17.5. The summed E-state index contributed by atoms with van der Waals surface area (Å²) in [6.07, 6.45) is 0. The molecule has 0 bridgehead atoms. The fraction of sp³-hybridized carbons (Fsp3) is 0.474. The molecule has 6 heteroatoms. The molecular formula is C19H26N4O2. The predicted molar refractivity (Wildman–Crippen MR) is 97.2 cm³/mol. The Kier molecular flexibility index (Phi) is 5.38. The van der Waals surface area contributed by atoms with E-state index in [0.29, 0.717) is 23.4 Å². The number of hydrogen-bond donors (Lipinski definition) is 2. The van der Waals surface area contributed by atoms with Crippen LogP contribution in [0.5, 0.6) is 0 Å². The van der Waals surface area contributed by atoms with E-state index in [1.165, 1.54) is 5.56 Å². The average molecular weight is 342 g/mol. The van der Waals surface area contributed by atoms with Crippen LogP contribution in [0.1, 0.15) is 25.2 Å². The molecule has 1 saturated heterocycles. The molecule has 3 rings (SSSR count). The highest BCUT2D eigenvalue weighted by Gasteiger charge is 2.33. The van der Waals surface area contributed by atoms with Crippen molar-refractivity contribution < 1.29 is 9.32 Å². The van der Waals surface area contributed by atoms with E-state index < -0.39 is 0 Å². The van der Waals surface area contributed by atoms with Crippen LogP contribution >= 0.6 is 0 Å². The lowest BCUT2D eigenvalue weighted by molar-refractivity contribution is 0.0994. The van der Waals surface area contributed by atoms with Gasteiger partial charge in [-0.1, -0.05) is 49.3 Å². The van der Waals surface area contributed by atoms with E-state index in [1.54, 1.807) is 13.0 Å². The lowest BCUT2D eigenvalue weighted by Gasteiger charge is -2.41. The minimum atomic E-state index is -0.228. The largest absolute Gasteiger partial charge is 0.360 e. The van der Waals surface area contributed by atoms with E-state index in [4.69, 9.17) is 4.52 Å². The summed E-state index contributed by atoms with van der Waals surface area (Å²) >= 11 is 0. The zero-order valence-electron chi connectivity index (χ0n) is 15.0. The van der Waals surface area contributed by atoms with Gasteiger partial charge in [0, 0.05) is 31.7 Å². The van der Waals surface area contributed by atoms with Crippen molar-refractivity contribution in [1.82, 2.24) is 15.4 Å². The van der Waals surface area contributed by atoms with Crippen molar-refractivity contribution in [1.29, 1.82) is 0 Å². The molecule has 3 atom stereocenters. The highest BCUT2D eigenvalue weighted by Crippen LogP contribution is 2.23. The molecule has 0 spiro atoms. The Hall–Kier alpha value is -2.34. The number of anilines is 1. The van der Waals surface area contributed by atoms with Gasteiger partial charge in [-0.25, -0.2) is 4.79 Å². The van der Waals surface area contributed by atoms with Crippen LogP contribution in [0.25, 0.3) is 0 Å². The third-order valence-corrected chi connectivity index (χ3v) is 4.73. The summed E-state index contributed by atoms with van der Waals surface area (Å²) in [5, 5.41) is 9.63. The molecule has 6 nitrogen and oxygen atoms in total. The predicted octanol–water partition coefficient (Wildman–Crippen LogP) is 3.26. The molecule has 0 saturated carbocycles. The second-order valence-electron chi connectivity index (χ2n) is 7.08. The minimum absolute atomic E-state index is 0.139. The van der Waals surface area contributed by atoms with Crippen molar-refractivity contribution in [3.8, 4) is 0 Å². The summed E-state index contributed by atoms with van der Waals surface area (Å²) in [7, 11) is 0. The van der Waals surface area contributed by atoms with Crippen LogP contribution in [0.2, 0.25) is 0 Å². The number of piperidine rings is 1. The van der Waals surface area contributed by atoms with Gasteiger partial charge < -0.3 is 9.84 Å². The van der Waals surface area contributed by atoms with Gasteiger partial charge in [-0.15, -0.1) is 0 Å². The average Bonchev–Trinajstić information content (AvgIpc) is 2.97. The number of nitrogens with one attached hydrogen (secondary N) is 2. The van der Waals surface area contributed by atoms with Gasteiger partial charge in [0.1, 0.15) is 5.76 Å². The van der Waals surface area contributed by atoms with Crippen molar-refractivity contribution in [3.05, 3.63) is 47.7 Å². The number of aryl methyl sites for hydroxylation is 1. The lowest BCUT2D eigenvalue weighted by atomic mass is 9.85. The zero-order valence-corrected chi connectivity index (χ0v) is 15.0. The van der Waals surface area contributed by atoms with Gasteiger partial charge in [0.25, 0.3) is 0 Å². The maximum atomic E-state index is 12.2. The van der Waals surface area contributed by atoms with Crippen LogP contribution in [0.3, 0.4) is 0 Å². The second kappa shape index (κ2) is 7.70. The van der Waals surface area contributed by atoms with E-state index in [1.807, 2.05) is 6.07 Å². The topological polar surface area (TPSA) is 70.4 Å². The van der Waals surface area contributed by atoms with Gasteiger partial charge in [0.2, 0.25) is 0 Å². The monoisotopic (exact) mass is 342 g/mol. The van der Waals surface area contributed by atoms with Crippen molar-refractivity contribution in [2.24, 2.45) is 11.8 Å². The van der Waals surface area contributed by atoms with Crippen LogP contribution < -0.4 is 10.6 Å². The standard InChI is InChI=1S/C19H26N4O2/c1-13-10-23(12-16-7-5-4-6-8-16)11-14(2)18(13)21-19(24)20-17-9-15(3)25-22-17/h4-9,13-14,18H,10-12H2,1-3H3,(H2,20,21,22,24)/t13-,14+,18?. The first-order chi connectivity index (χ1) is 12.0. The van der Waals surface area contributed by atoms with E-state index in [9.17, 15) is 4.79 Å². The summed E-state index contributed by atoms with van der Waals surface area (Å²) in [5.41, 5.74) is 1.33. The van der Waals surface area contributed by atoms with Crippen LogP contribution in [0, 0.1) is 18.8 Å². The fourth-order valence-electron chi connectivity index (χ4n) is 3.66. The Morgan fingerprint density at radius 2 is 1.92 bits per heavy atom. The maximum absolute atomic E-state index is 12.2. The molecule has 1 aromatic heterocycles. The molecule has 1 aliphatic heterocycles. The Balaban J connectivity index is 1.54. The molecule has 1 aromatic carbocycles. The minimum Gasteiger partial charge on any atom is -0.360 e. The molecule has 2 aromatic rings. The fourth-order valence-corrected chi connectivity index (χ4v) is 3.66. The highest BCUT2D eigenvalue weighted by atomic mass is 16.5. The number of aromatic nitrogens is 1. The molecule has 2 amide bonds. The zero-order chi connectivity index (χ0) is 17.8. The number of amides is 2. The molecule has 2 N–H and O–H groups in total. The van der Waals surface area contributed by atoms with Gasteiger partial charge in [0.15, 0.2) is 5.82 Å². The van der Waals surface area contributed by atoms with E-state index in [2.05, 4.69) is 58.8 Å². The van der Waals surface area contributed by atoms with E-state index in [0.717, 1.165) is 19.6 Å². The lowest BCUT2D eigenvalue weighted by Crippen LogP contribution is -2.55. The van der Waals surface area contributed by atoms with Gasteiger partial charge in [-0.05, 0) is 24.3 Å². The molecule has 0 radical (unpaired) electrons. The molecule has 25 heavy (non-hydrogen) atoms. The number of carbonyl (C=O) groups is 1. The summed E-state index contributed by atoms with van der Waals surface area (Å²) in [5.74, 6) is 1.86. The van der Waals surface area contributed by atoms with Crippen LogP contribution in [-0.2, 0) is 6.54 Å². The molecule has 134 valence electrons. The number of rotatable bonds is 4. The molecule has 1 fully saturated rings. The second-order valence-corrected chi connectivity index (χ2v) is 7.08. The quantitative estimate of drug-likeness (QED) is 0.895. The maximum Gasteiger partial charge on any atom is 0.320 e. The summed E-state index contributed by atoms with van der Waals surface area (Å²) in [6, 6.07) is 12.1. The SMILES string of the molecule is Cc1cc(NC(=O)NC2[C@H](C)CN(Cc3ccccc3)C[C@@H]2C)no1. The first-order valence-corrected chi connectivity index (χ1v) is 8.78. The Morgan fingerprint density at radius 1 is 1.24 bits per heavy atom. The smallest absolute Gasteiger partial charge is 0.320 e. The number of carbonyl (C=O) groups excluding carboxylic acids is 1. The summed E-state index contributed by atoms with van der Waals surface area (Å²) in [4.78, 5) is 14.7. The van der Waals surface area contributed by atoms with Gasteiger partial charge in [0.05, 0.1) is 0 Å². The number of nitrogens with zero attached hydrogens (tertiary/aromatic N) is 2. The Labute approximate surface area is 148 Å². The van der Waals surface area contributed by atoms with Crippen molar-refractivity contribution in [2.45, 2.75) is 33.4 Å². The van der Waals surface area contributed by atoms with E-state index in [-0.39, 0.29) is 12.1 Å². The third kappa shape index (κ3) is 4.60. The highest BCUT2D eigenvalue weighted by molar-refractivity contribution is 5.88. The number of benzene rings is 1. The first-order valence-electron chi connectivity index (χ1n) is 8.78. The van der Waals surface area contributed by atoms with Crippen molar-refractivity contribution >= 4 is 11.8 Å². The molecule has 1 aliphatic rings. The number of likely N-dealkylation sites (tertiary alicyclic amines) is 1. The molecule has 1 unspecified atom stereocenters. The molecular weight excluding hydrogens is 316 g/mol. The number of urea groups is 1. The van der Waals surface area contributed by atoms with Crippen molar-refractivity contribution in [2.75, 3.05) is 18.4 Å². The summed E-state index contributed by atoms with van der Waals surface area (Å²) < 4.78 is 4.97. The van der Waals surface area contributed by atoms with E-state index >= 15 is 0 Å². The van der Waals surface area contributed by atoms with Crippen LogP contribution in [0.15, 0.2) is 40.9 Å². The normalized spacial score (nSPS) is 24.0. The third-order valence-electron chi connectivity index (χ3n) is 4.73. The van der Waals surface area contributed by atoms with Crippen LogP contribution in [0.4, 0.5) is 10.6 Å². The van der Waals surface area contributed by atoms with Crippen molar-refractivity contribution in [3.63, 3.8) is 0 Å². The molecule has 0 aliphatic carbocycles. The van der Waals surface area contributed by atoms with Gasteiger partial charge in [-0.2, -0.15) is 0 Å². The van der Waals surface area contributed by atoms with Crippen LogP contribution in [-0.4, -0.2) is 35.2 Å². The Morgan fingerprint density at radius 3 is 2.52 bits per heavy atom. The number of hydrogen-bond acceptors (Lipinski definition) is 4. The summed E-state index contributed by atoms with van der Waals surface area (Å²) in [6.45, 7) is 9.06. The van der Waals surface area contributed by atoms with Gasteiger partial charge >= 0.3 is 6.03 Å². The molecule has 2 heterocycles.